The lowest BCUT2D eigenvalue weighted by molar-refractivity contribution is -0.359. The minimum absolute atomic E-state index is 0.244. The van der Waals surface area contributed by atoms with Crippen LogP contribution in [0.2, 0.25) is 0 Å². The Hall–Kier alpha value is -2.57. The second-order valence-corrected chi connectivity index (χ2v) is 29.6. The number of unbranched alkanes of at least 4 members (excludes halogenated alkanes) is 48. The number of amides is 1. The summed E-state index contributed by atoms with van der Waals surface area (Å²) < 4.78 is 22.9. The Morgan fingerprint density at radius 3 is 1.10 bits per heavy atom. The SMILES string of the molecule is CC/C=C\C/C=C\C/C=C\C/C=C\CCCCCCCCCCCCCCCCCCCCCCC(=O)NC(COC1OC(CO)C(OC2OC(CO)C(O)C(O)C2O)C(O)C1O)C(O)/C=C/CC/C=C/CCCCCCCCCCCCCCCCCCCCCCCCCCCCC. The zero-order valence-electron chi connectivity index (χ0n) is 64.2. The topological polar surface area (TPSA) is 228 Å². The molecule has 2 aliphatic heterocycles. The smallest absolute Gasteiger partial charge is 0.220 e. The highest BCUT2D eigenvalue weighted by atomic mass is 16.7. The number of ether oxygens (including phenoxy) is 4. The fourth-order valence-corrected chi connectivity index (χ4v) is 13.8. The van der Waals surface area contributed by atoms with E-state index in [1.165, 1.54) is 283 Å². The van der Waals surface area contributed by atoms with Crippen molar-refractivity contribution >= 4 is 5.91 Å². The predicted molar refractivity (Wildman–Crippen MR) is 415 cm³/mol. The monoisotopic (exact) mass is 1410 g/mol. The van der Waals surface area contributed by atoms with Gasteiger partial charge in [0.05, 0.1) is 32.0 Å². The number of rotatable bonds is 71. The lowest BCUT2D eigenvalue weighted by Crippen LogP contribution is -2.65. The van der Waals surface area contributed by atoms with Crippen LogP contribution in [-0.2, 0) is 23.7 Å². The van der Waals surface area contributed by atoms with Gasteiger partial charge in [0.25, 0.3) is 0 Å². The van der Waals surface area contributed by atoms with Crippen LogP contribution in [0.25, 0.3) is 0 Å². The van der Waals surface area contributed by atoms with Gasteiger partial charge in [-0.05, 0) is 70.6 Å². The molecule has 0 spiro atoms. The maximum absolute atomic E-state index is 13.4. The van der Waals surface area contributed by atoms with Crippen molar-refractivity contribution in [2.24, 2.45) is 0 Å². The van der Waals surface area contributed by atoms with Crippen molar-refractivity contribution in [2.75, 3.05) is 19.8 Å². The molecule has 0 radical (unpaired) electrons. The molecule has 0 saturated carbocycles. The van der Waals surface area contributed by atoms with Gasteiger partial charge in [-0.2, -0.15) is 0 Å². The highest BCUT2D eigenvalue weighted by Crippen LogP contribution is 2.30. The third-order valence-electron chi connectivity index (χ3n) is 20.4. The van der Waals surface area contributed by atoms with Crippen molar-refractivity contribution in [1.29, 1.82) is 0 Å². The van der Waals surface area contributed by atoms with Gasteiger partial charge in [0, 0.05) is 6.42 Å². The minimum Gasteiger partial charge on any atom is -0.394 e. The average Bonchev–Trinajstić information content (AvgIpc) is 0.791. The molecule has 9 N–H and O–H groups in total. The van der Waals surface area contributed by atoms with E-state index in [2.05, 4.69) is 79.9 Å². The van der Waals surface area contributed by atoms with Crippen molar-refractivity contribution in [3.8, 4) is 0 Å². The van der Waals surface area contributed by atoms with Gasteiger partial charge >= 0.3 is 0 Å². The molecule has 12 unspecified atom stereocenters. The van der Waals surface area contributed by atoms with Crippen molar-refractivity contribution in [1.82, 2.24) is 5.32 Å². The summed E-state index contributed by atoms with van der Waals surface area (Å²) in [5, 5.41) is 87.7. The fourth-order valence-electron chi connectivity index (χ4n) is 13.8. The van der Waals surface area contributed by atoms with Gasteiger partial charge in [0.2, 0.25) is 5.91 Å². The first-order valence-corrected chi connectivity index (χ1v) is 42.2. The van der Waals surface area contributed by atoms with Crippen LogP contribution in [0.3, 0.4) is 0 Å². The van der Waals surface area contributed by atoms with E-state index in [1.54, 1.807) is 6.08 Å². The molecule has 2 heterocycles. The summed E-state index contributed by atoms with van der Waals surface area (Å²) >= 11 is 0. The first kappa shape index (κ1) is 93.5. The van der Waals surface area contributed by atoms with Gasteiger partial charge in [-0.15, -0.1) is 0 Å². The third kappa shape index (κ3) is 51.6. The Bertz CT molecular complexity index is 1960. The largest absolute Gasteiger partial charge is 0.394 e. The van der Waals surface area contributed by atoms with Crippen molar-refractivity contribution in [3.05, 3.63) is 72.9 Å². The Balaban J connectivity index is 1.61. The number of carbonyl (C=O) groups is 1. The maximum atomic E-state index is 13.4. The van der Waals surface area contributed by atoms with Gasteiger partial charge in [0.1, 0.15) is 48.8 Å². The fraction of sp³-hybridized carbons (Fsp3) is 0.849. The lowest BCUT2D eigenvalue weighted by atomic mass is 9.97. The summed E-state index contributed by atoms with van der Waals surface area (Å²) in [7, 11) is 0. The van der Waals surface area contributed by atoms with Crippen molar-refractivity contribution < 1.29 is 64.6 Å². The highest BCUT2D eigenvalue weighted by molar-refractivity contribution is 5.76. The second-order valence-electron chi connectivity index (χ2n) is 29.6. The molecule has 2 saturated heterocycles. The number of aliphatic hydroxyl groups excluding tert-OH is 8. The van der Waals surface area contributed by atoms with E-state index >= 15 is 0 Å². The van der Waals surface area contributed by atoms with E-state index in [1.807, 2.05) is 6.08 Å². The van der Waals surface area contributed by atoms with Crippen LogP contribution in [0.4, 0.5) is 0 Å². The number of hydrogen-bond donors (Lipinski definition) is 9. The maximum Gasteiger partial charge on any atom is 0.220 e. The van der Waals surface area contributed by atoms with Gasteiger partial charge in [-0.3, -0.25) is 4.79 Å². The lowest BCUT2D eigenvalue weighted by Gasteiger charge is -2.46. The summed E-state index contributed by atoms with van der Waals surface area (Å²) in [6, 6.07) is -0.935. The first-order chi connectivity index (χ1) is 49.1. The highest BCUT2D eigenvalue weighted by Gasteiger charge is 2.51. The molecule has 0 aromatic heterocycles. The Kier molecular flexibility index (Phi) is 65.0. The number of nitrogens with one attached hydrogen (secondary N) is 1. The number of aliphatic hydroxyl groups is 8. The van der Waals surface area contributed by atoms with Crippen LogP contribution in [-0.4, -0.2) is 140 Å². The van der Waals surface area contributed by atoms with Crippen LogP contribution in [0.15, 0.2) is 72.9 Å². The summed E-state index contributed by atoms with van der Waals surface area (Å²) in [5.41, 5.74) is 0. The number of hydrogen-bond acceptors (Lipinski definition) is 13. The predicted octanol–water partition coefficient (Wildman–Crippen LogP) is 19.7. The Morgan fingerprint density at radius 2 is 0.700 bits per heavy atom. The molecule has 0 aromatic carbocycles. The second kappa shape index (κ2) is 69.5. The number of carbonyl (C=O) groups excluding carboxylic acids is 1. The quantitative estimate of drug-likeness (QED) is 0.0204. The molecule has 0 aliphatic carbocycles. The Labute approximate surface area is 612 Å². The summed E-state index contributed by atoms with van der Waals surface area (Å²) in [6.07, 6.45) is 80.1. The minimum atomic E-state index is -1.79. The molecule has 14 heteroatoms. The van der Waals surface area contributed by atoms with E-state index in [-0.39, 0.29) is 18.9 Å². The van der Waals surface area contributed by atoms with E-state index in [4.69, 9.17) is 18.9 Å². The molecule has 2 aliphatic rings. The molecular weight excluding hydrogens is 1250 g/mol. The number of allylic oxidation sites excluding steroid dienone is 11. The molecule has 2 fully saturated rings. The molecule has 0 aromatic rings. The van der Waals surface area contributed by atoms with Gasteiger partial charge in [0.15, 0.2) is 12.6 Å². The zero-order chi connectivity index (χ0) is 72.2. The molecule has 14 nitrogen and oxygen atoms in total. The third-order valence-corrected chi connectivity index (χ3v) is 20.4. The Morgan fingerprint density at radius 1 is 0.370 bits per heavy atom. The van der Waals surface area contributed by atoms with Crippen molar-refractivity contribution in [2.45, 2.75) is 447 Å². The molecule has 0 bridgehead atoms. The van der Waals surface area contributed by atoms with Crippen LogP contribution in [0.5, 0.6) is 0 Å². The summed E-state index contributed by atoms with van der Waals surface area (Å²) in [5.74, 6) is -0.244. The van der Waals surface area contributed by atoms with Gasteiger partial charge < -0.3 is 65.1 Å². The molecule has 100 heavy (non-hydrogen) atoms. The van der Waals surface area contributed by atoms with E-state index < -0.39 is 86.8 Å². The summed E-state index contributed by atoms with van der Waals surface area (Å²) in [4.78, 5) is 13.4. The van der Waals surface area contributed by atoms with Crippen LogP contribution in [0.1, 0.15) is 373 Å². The first-order valence-electron chi connectivity index (χ1n) is 42.2. The molecule has 584 valence electrons. The average molecular weight is 1410 g/mol. The molecule has 12 atom stereocenters. The van der Waals surface area contributed by atoms with E-state index in [0.29, 0.717) is 12.8 Å². The van der Waals surface area contributed by atoms with Crippen LogP contribution >= 0.6 is 0 Å². The normalized spacial score (nSPS) is 22.2. The summed E-state index contributed by atoms with van der Waals surface area (Å²) in [6.45, 7) is 2.73. The molecule has 2 rings (SSSR count). The van der Waals surface area contributed by atoms with E-state index in [0.717, 1.165) is 57.8 Å². The van der Waals surface area contributed by atoms with Crippen LogP contribution in [0, 0.1) is 0 Å². The standard InChI is InChI=1S/C86H157NO13/c1-3-5-7-9-11-13-15-17-19-21-23-25-27-29-31-33-35-37-39-41-43-45-47-49-51-53-55-57-59-61-63-65-67-69-75(90)74(73-97-85-83(96)81(94)84(77(72-89)99-85)100-86-82(95)80(93)79(92)76(71-88)98-86)87-78(91)70-68-66-64-62-60-58-56-54-52-50-48-46-44-42-40-38-36-34-32-30-28-26-24-22-20-18-16-14-12-10-8-6-4-2/h6,8,12,14,18,20,24,26,59,61,67,69,74-77,79-86,88-90,92-96H,3-5,7,9-11,13,15-17,19,21-23,25,27-58,60,62-66,68,70-73H2,1-2H3,(H,87,91)/b8-6-,14-12-,20-18-,26-24-,61-59+,69-67+. The van der Waals surface area contributed by atoms with Gasteiger partial charge in [-0.1, -0.05) is 369 Å². The molecule has 1 amide bonds. The zero-order valence-corrected chi connectivity index (χ0v) is 64.2. The van der Waals surface area contributed by atoms with E-state index in [9.17, 15) is 45.6 Å². The molecular formula is C86H157NO13. The van der Waals surface area contributed by atoms with Gasteiger partial charge in [-0.25, -0.2) is 0 Å². The van der Waals surface area contributed by atoms with Crippen molar-refractivity contribution in [3.63, 3.8) is 0 Å². The van der Waals surface area contributed by atoms with Crippen LogP contribution < -0.4 is 5.32 Å².